The summed E-state index contributed by atoms with van der Waals surface area (Å²) >= 11 is 0. The molecule has 0 aromatic heterocycles. The number of likely N-dealkylation sites (N-methyl/N-ethyl adjacent to an activating group) is 1. The Labute approximate surface area is 151 Å². The molecule has 1 aromatic carbocycles. The fraction of sp³-hybridized carbons (Fsp3) is 0.632. The van der Waals surface area contributed by atoms with Crippen LogP contribution in [0.2, 0.25) is 0 Å². The third-order valence-electron chi connectivity index (χ3n) is 4.89. The Morgan fingerprint density at radius 1 is 1.32 bits per heavy atom. The Morgan fingerprint density at radius 3 is 2.76 bits per heavy atom. The van der Waals surface area contributed by atoms with E-state index in [1.165, 1.54) is 5.56 Å². The number of nitrogens with one attached hydrogen (secondary N) is 1. The van der Waals surface area contributed by atoms with Gasteiger partial charge in [0.1, 0.15) is 12.4 Å². The predicted octanol–water partition coefficient (Wildman–Crippen LogP) is 1.21. The topological polar surface area (TPSA) is 54.0 Å². The average Bonchev–Trinajstić information content (AvgIpc) is 2.61. The van der Waals surface area contributed by atoms with Gasteiger partial charge in [0.05, 0.1) is 7.11 Å². The van der Waals surface area contributed by atoms with Crippen molar-refractivity contribution in [3.63, 3.8) is 0 Å². The minimum absolute atomic E-state index is 0.0449. The molecule has 0 spiro atoms. The zero-order chi connectivity index (χ0) is 18.2. The second kappa shape index (κ2) is 9.75. The lowest BCUT2D eigenvalue weighted by molar-refractivity contribution is -0.125. The van der Waals surface area contributed by atoms with Crippen LogP contribution in [0.25, 0.3) is 0 Å². The summed E-state index contributed by atoms with van der Waals surface area (Å²) in [7, 11) is 7.48. The fourth-order valence-corrected chi connectivity index (χ4v) is 3.51. The molecule has 1 aliphatic rings. The first-order valence-corrected chi connectivity index (χ1v) is 8.81. The second-order valence-corrected chi connectivity index (χ2v) is 6.86. The number of methoxy groups -OCH3 is 2. The quantitative estimate of drug-likeness (QED) is 0.765. The summed E-state index contributed by atoms with van der Waals surface area (Å²) in [4.78, 5) is 16.4. The smallest absolute Gasteiger partial charge is 0.245 e. The summed E-state index contributed by atoms with van der Waals surface area (Å²) < 4.78 is 10.4. The minimum atomic E-state index is -0.0449. The third kappa shape index (κ3) is 5.70. The van der Waals surface area contributed by atoms with Crippen molar-refractivity contribution in [3.8, 4) is 5.75 Å². The van der Waals surface area contributed by atoms with Gasteiger partial charge in [0, 0.05) is 38.3 Å². The highest BCUT2D eigenvalue weighted by Gasteiger charge is 2.31. The summed E-state index contributed by atoms with van der Waals surface area (Å²) in [5, 5.41) is 2.99. The van der Waals surface area contributed by atoms with Crippen LogP contribution in [0.1, 0.15) is 12.0 Å². The van der Waals surface area contributed by atoms with Crippen LogP contribution in [0.5, 0.6) is 5.75 Å². The number of ether oxygens (including phenoxy) is 2. The molecule has 6 heteroatoms. The van der Waals surface area contributed by atoms with Gasteiger partial charge in [-0.15, -0.1) is 0 Å². The van der Waals surface area contributed by atoms with Gasteiger partial charge < -0.3 is 19.7 Å². The molecule has 1 amide bonds. The number of likely N-dealkylation sites (tertiary alicyclic amines) is 1. The Bertz CT molecular complexity index is 550. The molecule has 1 aliphatic heterocycles. The van der Waals surface area contributed by atoms with Crippen LogP contribution >= 0.6 is 0 Å². The molecule has 0 saturated carbocycles. The zero-order valence-electron chi connectivity index (χ0n) is 15.8. The lowest BCUT2D eigenvalue weighted by Gasteiger charge is -2.42. The van der Waals surface area contributed by atoms with Gasteiger partial charge >= 0.3 is 0 Å². The number of carbonyl (C=O) groups excluding carboxylic acids is 1. The minimum Gasteiger partial charge on any atom is -0.496 e. The van der Waals surface area contributed by atoms with Gasteiger partial charge in [-0.05, 0) is 39.0 Å². The highest BCUT2D eigenvalue weighted by molar-refractivity contribution is 5.77. The van der Waals surface area contributed by atoms with Crippen molar-refractivity contribution < 1.29 is 14.3 Å². The first-order valence-electron chi connectivity index (χ1n) is 8.81. The van der Waals surface area contributed by atoms with Crippen molar-refractivity contribution in [2.24, 2.45) is 5.92 Å². The number of benzene rings is 1. The van der Waals surface area contributed by atoms with Crippen molar-refractivity contribution in [2.75, 3.05) is 54.6 Å². The number of carbonyl (C=O) groups is 1. The summed E-state index contributed by atoms with van der Waals surface area (Å²) in [6, 6.07) is 8.60. The average molecular weight is 349 g/mol. The third-order valence-corrected chi connectivity index (χ3v) is 4.89. The van der Waals surface area contributed by atoms with Gasteiger partial charge in [-0.3, -0.25) is 9.69 Å². The molecule has 1 N–H and O–H groups in total. The van der Waals surface area contributed by atoms with Crippen LogP contribution in [-0.4, -0.2) is 76.3 Å². The van der Waals surface area contributed by atoms with E-state index in [4.69, 9.17) is 9.47 Å². The molecule has 0 bridgehead atoms. The monoisotopic (exact) mass is 349 g/mol. The number of hydrogen-bond acceptors (Lipinski definition) is 5. The van der Waals surface area contributed by atoms with Crippen LogP contribution < -0.4 is 10.1 Å². The molecular formula is C19H31N3O3. The molecule has 0 aliphatic carbocycles. The van der Waals surface area contributed by atoms with Gasteiger partial charge in [0.25, 0.3) is 0 Å². The van der Waals surface area contributed by atoms with Crippen molar-refractivity contribution >= 4 is 5.91 Å². The zero-order valence-corrected chi connectivity index (χ0v) is 15.8. The first kappa shape index (κ1) is 19.7. The molecular weight excluding hydrogens is 318 g/mol. The molecule has 6 nitrogen and oxygen atoms in total. The van der Waals surface area contributed by atoms with Crippen molar-refractivity contribution in [2.45, 2.75) is 19.0 Å². The summed E-state index contributed by atoms with van der Waals surface area (Å²) in [5.41, 5.74) is 1.22. The molecule has 0 radical (unpaired) electrons. The van der Waals surface area contributed by atoms with Gasteiger partial charge in [0.2, 0.25) is 5.91 Å². The summed E-state index contributed by atoms with van der Waals surface area (Å²) in [6.07, 6.45) is 1.06. The molecule has 1 aromatic rings. The molecule has 1 saturated heterocycles. The van der Waals surface area contributed by atoms with E-state index in [1.54, 1.807) is 14.2 Å². The normalized spacial score (nSPS) is 21.3. The predicted molar refractivity (Wildman–Crippen MR) is 98.7 cm³/mol. The van der Waals surface area contributed by atoms with Gasteiger partial charge in [-0.2, -0.15) is 0 Å². The highest BCUT2D eigenvalue weighted by atomic mass is 16.5. The number of piperidine rings is 1. The Kier molecular flexibility index (Phi) is 7.68. The Balaban J connectivity index is 1.95. The molecule has 2 atom stereocenters. The van der Waals surface area contributed by atoms with E-state index >= 15 is 0 Å². The van der Waals surface area contributed by atoms with Crippen LogP contribution in [-0.2, 0) is 16.1 Å². The van der Waals surface area contributed by atoms with E-state index < -0.39 is 0 Å². The van der Waals surface area contributed by atoms with Crippen LogP contribution in [0.3, 0.4) is 0 Å². The molecule has 1 heterocycles. The molecule has 25 heavy (non-hydrogen) atoms. The maximum absolute atomic E-state index is 11.7. The van der Waals surface area contributed by atoms with E-state index in [-0.39, 0.29) is 12.5 Å². The maximum atomic E-state index is 11.7. The number of para-hydroxylation sites is 1. The largest absolute Gasteiger partial charge is 0.496 e. The van der Waals surface area contributed by atoms with Gasteiger partial charge in [-0.25, -0.2) is 0 Å². The molecule has 0 unspecified atom stereocenters. The van der Waals surface area contributed by atoms with Gasteiger partial charge in [-0.1, -0.05) is 18.2 Å². The Hall–Kier alpha value is -1.63. The highest BCUT2D eigenvalue weighted by Crippen LogP contribution is 2.25. The summed E-state index contributed by atoms with van der Waals surface area (Å²) in [6.45, 7) is 3.72. The standard InChI is InChI=1S/C19H31N3O3/c1-21(2)17-13-22(12-16-7-5-6-8-18(16)25-4)10-9-15(17)11-20-19(23)14-24-3/h5-8,15,17H,9-14H2,1-4H3,(H,20,23)/t15-,17-/m1/s1. The number of nitrogens with zero attached hydrogens (tertiary/aromatic N) is 2. The van der Waals surface area contributed by atoms with E-state index in [0.29, 0.717) is 18.5 Å². The van der Waals surface area contributed by atoms with Crippen molar-refractivity contribution in [1.29, 1.82) is 0 Å². The first-order chi connectivity index (χ1) is 12.0. The van der Waals surface area contributed by atoms with Crippen molar-refractivity contribution in [3.05, 3.63) is 29.8 Å². The molecule has 1 fully saturated rings. The van der Waals surface area contributed by atoms with E-state index in [1.807, 2.05) is 12.1 Å². The van der Waals surface area contributed by atoms with Gasteiger partial charge in [0.15, 0.2) is 0 Å². The van der Waals surface area contributed by atoms with Crippen LogP contribution in [0.4, 0.5) is 0 Å². The molecule has 140 valence electrons. The lowest BCUT2D eigenvalue weighted by Crippen LogP contribution is -2.53. The number of rotatable bonds is 8. The van der Waals surface area contributed by atoms with E-state index in [9.17, 15) is 4.79 Å². The lowest BCUT2D eigenvalue weighted by atomic mass is 9.90. The van der Waals surface area contributed by atoms with Crippen LogP contribution in [0, 0.1) is 5.92 Å². The van der Waals surface area contributed by atoms with Crippen molar-refractivity contribution in [1.82, 2.24) is 15.1 Å². The Morgan fingerprint density at radius 2 is 2.08 bits per heavy atom. The molecule has 2 rings (SSSR count). The fourth-order valence-electron chi connectivity index (χ4n) is 3.51. The maximum Gasteiger partial charge on any atom is 0.245 e. The van der Waals surface area contributed by atoms with E-state index in [0.717, 1.165) is 31.8 Å². The SMILES string of the molecule is COCC(=O)NC[C@H]1CCN(Cc2ccccc2OC)C[C@H]1N(C)C. The van der Waals surface area contributed by atoms with E-state index in [2.05, 4.69) is 41.3 Å². The second-order valence-electron chi connectivity index (χ2n) is 6.86. The summed E-state index contributed by atoms with van der Waals surface area (Å²) in [5.74, 6) is 1.35. The number of amides is 1. The number of hydrogen-bond donors (Lipinski definition) is 1. The van der Waals surface area contributed by atoms with Crippen LogP contribution in [0.15, 0.2) is 24.3 Å².